The molecule has 0 unspecified atom stereocenters. The molecule has 120 valence electrons. The molecule has 6 heteroatoms. The number of benzene rings is 2. The van der Waals surface area contributed by atoms with Crippen LogP contribution in [-0.4, -0.2) is 15.5 Å². The lowest BCUT2D eigenvalue weighted by atomic mass is 10.2. The van der Waals surface area contributed by atoms with E-state index < -0.39 is 5.76 Å². The average Bonchev–Trinajstić information content (AvgIpc) is 3.13. The van der Waals surface area contributed by atoms with Crippen molar-refractivity contribution < 1.29 is 9.21 Å². The normalized spacial score (nSPS) is 11.2. The molecular formula is C18H15N3O3. The molecule has 0 saturated heterocycles. The van der Waals surface area contributed by atoms with Crippen molar-refractivity contribution in [3.63, 3.8) is 0 Å². The molecule has 2 aromatic heterocycles. The lowest BCUT2D eigenvalue weighted by Crippen LogP contribution is -2.16. The molecule has 2 aromatic carbocycles. The third kappa shape index (κ3) is 2.28. The Labute approximate surface area is 136 Å². The van der Waals surface area contributed by atoms with Gasteiger partial charge in [0, 0.05) is 23.1 Å². The number of aromatic nitrogens is 2. The van der Waals surface area contributed by atoms with E-state index in [4.69, 9.17) is 4.42 Å². The van der Waals surface area contributed by atoms with Crippen LogP contribution < -0.4 is 11.1 Å². The molecule has 24 heavy (non-hydrogen) atoms. The lowest BCUT2D eigenvalue weighted by Gasteiger charge is -2.09. The second kappa shape index (κ2) is 5.42. The first kappa shape index (κ1) is 14.3. The van der Waals surface area contributed by atoms with E-state index in [9.17, 15) is 9.59 Å². The summed E-state index contributed by atoms with van der Waals surface area (Å²) in [5.41, 5.74) is 3.23. The van der Waals surface area contributed by atoms with Crippen LogP contribution in [0, 0.1) is 0 Å². The van der Waals surface area contributed by atoms with Gasteiger partial charge in [0.1, 0.15) is 5.69 Å². The lowest BCUT2D eigenvalue weighted by molar-refractivity contribution is 0.101. The van der Waals surface area contributed by atoms with Gasteiger partial charge in [-0.2, -0.15) is 0 Å². The number of nitrogens with zero attached hydrogens (tertiary/aromatic N) is 1. The number of carbonyl (C=O) groups excluding carboxylic acids is 1. The van der Waals surface area contributed by atoms with Gasteiger partial charge in [-0.15, -0.1) is 0 Å². The number of anilines is 1. The topological polar surface area (TPSA) is 80.0 Å². The fourth-order valence-corrected chi connectivity index (χ4v) is 2.96. The summed E-state index contributed by atoms with van der Waals surface area (Å²) in [5, 5.41) is 3.90. The van der Waals surface area contributed by atoms with Crippen molar-refractivity contribution in [3.05, 3.63) is 64.8 Å². The second-order valence-electron chi connectivity index (χ2n) is 5.51. The number of carbonyl (C=O) groups is 1. The summed E-state index contributed by atoms with van der Waals surface area (Å²) in [4.78, 5) is 26.5. The van der Waals surface area contributed by atoms with Gasteiger partial charge in [-0.25, -0.2) is 4.79 Å². The predicted molar refractivity (Wildman–Crippen MR) is 92.4 cm³/mol. The van der Waals surface area contributed by atoms with E-state index in [-0.39, 0.29) is 5.91 Å². The van der Waals surface area contributed by atoms with Crippen molar-refractivity contribution >= 4 is 33.6 Å². The zero-order valence-electron chi connectivity index (χ0n) is 13.0. The maximum Gasteiger partial charge on any atom is 0.417 e. The van der Waals surface area contributed by atoms with Crippen molar-refractivity contribution in [1.29, 1.82) is 0 Å². The van der Waals surface area contributed by atoms with Crippen LogP contribution in [0.1, 0.15) is 17.4 Å². The van der Waals surface area contributed by atoms with Crippen LogP contribution in [0.15, 0.2) is 57.7 Å². The number of aryl methyl sites for hydroxylation is 1. The van der Waals surface area contributed by atoms with Crippen molar-refractivity contribution in [3.8, 4) is 0 Å². The molecular weight excluding hydrogens is 306 g/mol. The molecule has 0 aliphatic rings. The zero-order chi connectivity index (χ0) is 16.7. The first-order chi connectivity index (χ1) is 11.7. The number of amides is 1. The Hall–Kier alpha value is -3.28. The van der Waals surface area contributed by atoms with Crippen LogP contribution in [0.4, 0.5) is 5.69 Å². The maximum atomic E-state index is 12.7. The van der Waals surface area contributed by atoms with E-state index in [2.05, 4.69) is 10.3 Å². The quantitative estimate of drug-likeness (QED) is 0.607. The highest BCUT2D eigenvalue weighted by atomic mass is 16.4. The molecule has 1 amide bonds. The molecule has 0 spiro atoms. The van der Waals surface area contributed by atoms with Gasteiger partial charge in [-0.3, -0.25) is 9.78 Å². The maximum absolute atomic E-state index is 12.7. The van der Waals surface area contributed by atoms with Crippen molar-refractivity contribution in [1.82, 2.24) is 9.55 Å². The Morgan fingerprint density at radius 3 is 2.88 bits per heavy atom. The SMILES string of the molecule is CCn1c(C(=O)Nc2ccc3oc(=O)[nH]c3c2)cc2ccccc21. The minimum Gasteiger partial charge on any atom is -0.408 e. The molecule has 2 N–H and O–H groups in total. The molecule has 2 heterocycles. The molecule has 0 aliphatic carbocycles. The summed E-state index contributed by atoms with van der Waals surface area (Å²) in [5.74, 6) is -0.710. The van der Waals surface area contributed by atoms with Crippen LogP contribution in [0.2, 0.25) is 0 Å². The molecule has 0 atom stereocenters. The molecule has 0 saturated carbocycles. The Morgan fingerprint density at radius 2 is 2.04 bits per heavy atom. The summed E-state index contributed by atoms with van der Waals surface area (Å²) >= 11 is 0. The van der Waals surface area contributed by atoms with E-state index in [0.29, 0.717) is 29.0 Å². The summed E-state index contributed by atoms with van der Waals surface area (Å²) in [6.45, 7) is 2.70. The third-order valence-corrected chi connectivity index (χ3v) is 4.04. The van der Waals surface area contributed by atoms with Gasteiger partial charge in [0.25, 0.3) is 5.91 Å². The van der Waals surface area contributed by atoms with E-state index >= 15 is 0 Å². The first-order valence-corrected chi connectivity index (χ1v) is 7.68. The smallest absolute Gasteiger partial charge is 0.408 e. The van der Waals surface area contributed by atoms with Gasteiger partial charge < -0.3 is 14.3 Å². The van der Waals surface area contributed by atoms with E-state index in [1.54, 1.807) is 18.2 Å². The number of fused-ring (bicyclic) bond motifs is 2. The summed E-state index contributed by atoms with van der Waals surface area (Å²) in [6, 6.07) is 14.8. The van der Waals surface area contributed by atoms with Crippen LogP contribution in [0.3, 0.4) is 0 Å². The number of aromatic amines is 1. The van der Waals surface area contributed by atoms with Gasteiger partial charge in [0.2, 0.25) is 0 Å². The van der Waals surface area contributed by atoms with Crippen LogP contribution in [0.25, 0.3) is 22.0 Å². The van der Waals surface area contributed by atoms with E-state index in [1.807, 2.05) is 41.8 Å². The number of para-hydroxylation sites is 1. The summed E-state index contributed by atoms with van der Waals surface area (Å²) in [6.07, 6.45) is 0. The molecule has 0 radical (unpaired) electrons. The monoisotopic (exact) mass is 321 g/mol. The standard InChI is InChI=1S/C18H15N3O3/c1-2-21-14-6-4-3-5-11(14)9-15(21)17(22)19-12-7-8-16-13(10-12)20-18(23)24-16/h3-10H,2H2,1H3,(H,19,22)(H,20,23). The Bertz CT molecular complexity index is 1120. The fraction of sp³-hybridized carbons (Fsp3) is 0.111. The minimum absolute atomic E-state index is 0.196. The van der Waals surface area contributed by atoms with Gasteiger partial charge in [-0.1, -0.05) is 18.2 Å². The first-order valence-electron chi connectivity index (χ1n) is 7.68. The minimum atomic E-state index is -0.514. The predicted octanol–water partition coefficient (Wildman–Crippen LogP) is 3.35. The number of nitrogens with one attached hydrogen (secondary N) is 2. The summed E-state index contributed by atoms with van der Waals surface area (Å²) < 4.78 is 6.94. The number of rotatable bonds is 3. The van der Waals surface area contributed by atoms with Crippen molar-refractivity contribution in [2.24, 2.45) is 0 Å². The second-order valence-corrected chi connectivity index (χ2v) is 5.51. The number of hydrogen-bond donors (Lipinski definition) is 2. The van der Waals surface area contributed by atoms with Crippen LogP contribution in [-0.2, 0) is 6.54 Å². The summed E-state index contributed by atoms with van der Waals surface area (Å²) in [7, 11) is 0. The number of hydrogen-bond acceptors (Lipinski definition) is 3. The van der Waals surface area contributed by atoms with Gasteiger partial charge in [-0.05, 0) is 37.3 Å². The van der Waals surface area contributed by atoms with E-state index in [0.717, 1.165) is 10.9 Å². The molecule has 6 nitrogen and oxygen atoms in total. The zero-order valence-corrected chi connectivity index (χ0v) is 13.0. The highest BCUT2D eigenvalue weighted by Crippen LogP contribution is 2.22. The fourth-order valence-electron chi connectivity index (χ4n) is 2.96. The van der Waals surface area contributed by atoms with Crippen LogP contribution >= 0.6 is 0 Å². The number of H-pyrrole nitrogens is 1. The number of oxazole rings is 1. The van der Waals surface area contributed by atoms with Gasteiger partial charge in [0.15, 0.2) is 5.58 Å². The molecule has 0 fully saturated rings. The Morgan fingerprint density at radius 1 is 1.21 bits per heavy atom. The Balaban J connectivity index is 1.71. The molecule has 4 aromatic rings. The third-order valence-electron chi connectivity index (χ3n) is 4.04. The van der Waals surface area contributed by atoms with Crippen LogP contribution in [0.5, 0.6) is 0 Å². The molecule has 0 aliphatic heterocycles. The van der Waals surface area contributed by atoms with Crippen molar-refractivity contribution in [2.45, 2.75) is 13.5 Å². The van der Waals surface area contributed by atoms with Gasteiger partial charge >= 0.3 is 5.76 Å². The van der Waals surface area contributed by atoms with E-state index in [1.165, 1.54) is 0 Å². The molecule has 0 bridgehead atoms. The highest BCUT2D eigenvalue weighted by Gasteiger charge is 2.15. The van der Waals surface area contributed by atoms with Crippen molar-refractivity contribution in [2.75, 3.05) is 5.32 Å². The van der Waals surface area contributed by atoms with Gasteiger partial charge in [0.05, 0.1) is 5.52 Å². The molecule has 4 rings (SSSR count). The average molecular weight is 321 g/mol. The Kier molecular flexibility index (Phi) is 3.23. The highest BCUT2D eigenvalue weighted by molar-refractivity contribution is 6.06. The largest absolute Gasteiger partial charge is 0.417 e.